The van der Waals surface area contributed by atoms with E-state index in [9.17, 15) is 10.1 Å². The van der Waals surface area contributed by atoms with Crippen LogP contribution in [0.2, 0.25) is 0 Å². The van der Waals surface area contributed by atoms with E-state index in [-0.39, 0.29) is 11.7 Å². The zero-order valence-electron chi connectivity index (χ0n) is 11.4. The van der Waals surface area contributed by atoms with Crippen LogP contribution in [0.25, 0.3) is 0 Å². The fraction of sp³-hybridized carbons (Fsp3) is 0.286. The maximum absolute atomic E-state index is 10.6. The van der Waals surface area contributed by atoms with Gasteiger partial charge in [0.05, 0.1) is 11.5 Å². The predicted octanol–water partition coefficient (Wildman–Crippen LogP) is 3.06. The number of ether oxygens (including phenoxy) is 2. The molecule has 0 saturated heterocycles. The Morgan fingerprint density at radius 2 is 2.14 bits per heavy atom. The monoisotopic (exact) mass is 287 g/mol. The van der Waals surface area contributed by atoms with Crippen LogP contribution in [0, 0.1) is 10.1 Å². The van der Waals surface area contributed by atoms with Gasteiger partial charge in [-0.2, -0.15) is 9.97 Å². The van der Waals surface area contributed by atoms with Crippen LogP contribution >= 0.6 is 0 Å². The Labute approximate surface area is 120 Å². The second-order valence-electron chi connectivity index (χ2n) is 4.79. The number of benzene rings is 1. The molecule has 1 atom stereocenters. The lowest BCUT2D eigenvalue weighted by Crippen LogP contribution is -2.13. The number of nitro groups is 1. The van der Waals surface area contributed by atoms with Gasteiger partial charge in [-0.15, -0.1) is 0 Å². The fourth-order valence-electron chi connectivity index (χ4n) is 2.27. The van der Waals surface area contributed by atoms with E-state index in [0.29, 0.717) is 18.3 Å². The number of nitrogens with zero attached hydrogens (tertiary/aromatic N) is 3. The highest BCUT2D eigenvalue weighted by Gasteiger charge is 2.22. The summed E-state index contributed by atoms with van der Waals surface area (Å²) in [4.78, 5) is 17.7. The number of hydrogen-bond acceptors (Lipinski definition) is 6. The summed E-state index contributed by atoms with van der Waals surface area (Å²) in [5, 5.41) is 10.6. The maximum Gasteiger partial charge on any atom is 0.322 e. The van der Waals surface area contributed by atoms with Gasteiger partial charge in [0.15, 0.2) is 0 Å². The van der Waals surface area contributed by atoms with Gasteiger partial charge in [-0.1, -0.05) is 13.0 Å². The second kappa shape index (κ2) is 5.35. The topological polar surface area (TPSA) is 87.4 Å². The van der Waals surface area contributed by atoms with Crippen molar-refractivity contribution in [3.63, 3.8) is 0 Å². The minimum Gasteiger partial charge on any atom is -0.493 e. The van der Waals surface area contributed by atoms with Gasteiger partial charge < -0.3 is 9.47 Å². The van der Waals surface area contributed by atoms with Crippen molar-refractivity contribution >= 4 is 5.69 Å². The van der Waals surface area contributed by atoms with E-state index in [0.717, 1.165) is 30.1 Å². The van der Waals surface area contributed by atoms with Gasteiger partial charge in [-0.25, -0.2) is 0 Å². The average Bonchev–Trinajstić information content (AvgIpc) is 2.48. The van der Waals surface area contributed by atoms with Crippen LogP contribution in [-0.4, -0.2) is 21.5 Å². The Hall–Kier alpha value is -2.70. The summed E-state index contributed by atoms with van der Waals surface area (Å²) in [7, 11) is 0. The molecule has 7 nitrogen and oxygen atoms in total. The standard InChI is InChI=1S/C14H13N3O4/c1-9-5-6-20-11-3-2-4-12(13(9)11)21-14-15-7-10(8-16-14)17(18)19/h2-4,7-9H,5-6H2,1H3. The molecule has 1 unspecified atom stereocenters. The zero-order chi connectivity index (χ0) is 14.8. The van der Waals surface area contributed by atoms with E-state index in [1.807, 2.05) is 18.2 Å². The summed E-state index contributed by atoms with van der Waals surface area (Å²) in [6, 6.07) is 5.62. The third-order valence-electron chi connectivity index (χ3n) is 3.35. The number of aromatic nitrogens is 2. The number of rotatable bonds is 3. The molecule has 0 spiro atoms. The summed E-state index contributed by atoms with van der Waals surface area (Å²) in [6.45, 7) is 2.79. The average molecular weight is 287 g/mol. The molecular formula is C14H13N3O4. The first-order valence-corrected chi connectivity index (χ1v) is 6.55. The van der Waals surface area contributed by atoms with Crippen LogP contribution in [0.1, 0.15) is 24.8 Å². The van der Waals surface area contributed by atoms with E-state index in [2.05, 4.69) is 16.9 Å². The summed E-state index contributed by atoms with van der Waals surface area (Å²) < 4.78 is 11.3. The SMILES string of the molecule is CC1CCOc2cccc(Oc3ncc([N+](=O)[O-])cn3)c21. The van der Waals surface area contributed by atoms with Gasteiger partial charge in [0.2, 0.25) is 0 Å². The highest BCUT2D eigenvalue weighted by molar-refractivity contribution is 5.48. The molecule has 2 heterocycles. The van der Waals surface area contributed by atoms with Crippen molar-refractivity contribution in [1.82, 2.24) is 9.97 Å². The molecule has 0 N–H and O–H groups in total. The summed E-state index contributed by atoms with van der Waals surface area (Å²) in [5.74, 6) is 1.73. The quantitative estimate of drug-likeness (QED) is 0.636. The van der Waals surface area contributed by atoms with E-state index < -0.39 is 4.92 Å². The predicted molar refractivity (Wildman–Crippen MR) is 73.7 cm³/mol. The van der Waals surface area contributed by atoms with Crippen LogP contribution < -0.4 is 9.47 Å². The molecule has 3 rings (SSSR count). The van der Waals surface area contributed by atoms with E-state index in [1.54, 1.807) is 0 Å². The highest BCUT2D eigenvalue weighted by Crippen LogP contribution is 2.40. The largest absolute Gasteiger partial charge is 0.493 e. The van der Waals surface area contributed by atoms with Crippen LogP contribution in [0.5, 0.6) is 17.5 Å². The molecule has 21 heavy (non-hydrogen) atoms. The normalized spacial score (nSPS) is 16.7. The van der Waals surface area contributed by atoms with Gasteiger partial charge in [-0.05, 0) is 24.5 Å². The number of hydrogen-bond donors (Lipinski definition) is 0. The highest BCUT2D eigenvalue weighted by atomic mass is 16.6. The summed E-state index contributed by atoms with van der Waals surface area (Å²) >= 11 is 0. The third kappa shape index (κ3) is 2.62. The van der Waals surface area contributed by atoms with E-state index >= 15 is 0 Å². The van der Waals surface area contributed by atoms with Crippen molar-refractivity contribution in [2.45, 2.75) is 19.3 Å². The summed E-state index contributed by atoms with van der Waals surface area (Å²) in [5.41, 5.74) is 0.805. The Morgan fingerprint density at radius 1 is 1.38 bits per heavy atom. The molecule has 0 radical (unpaired) electrons. The van der Waals surface area contributed by atoms with Crippen LogP contribution in [-0.2, 0) is 0 Å². The molecule has 1 aromatic carbocycles. The molecule has 7 heteroatoms. The molecule has 2 aromatic rings. The first kappa shape index (κ1) is 13.3. The fourth-order valence-corrected chi connectivity index (χ4v) is 2.27. The van der Waals surface area contributed by atoms with Gasteiger partial charge in [-0.3, -0.25) is 10.1 Å². The van der Waals surface area contributed by atoms with Crippen molar-refractivity contribution in [3.8, 4) is 17.5 Å². The van der Waals surface area contributed by atoms with Gasteiger partial charge in [0.25, 0.3) is 0 Å². The zero-order valence-corrected chi connectivity index (χ0v) is 11.4. The molecule has 1 aliphatic rings. The van der Waals surface area contributed by atoms with Gasteiger partial charge in [0.1, 0.15) is 23.9 Å². The van der Waals surface area contributed by atoms with Crippen molar-refractivity contribution in [2.24, 2.45) is 0 Å². The molecule has 0 aliphatic carbocycles. The summed E-state index contributed by atoms with van der Waals surface area (Å²) in [6.07, 6.45) is 3.16. The van der Waals surface area contributed by atoms with Crippen LogP contribution in [0.4, 0.5) is 5.69 Å². The Kier molecular flexibility index (Phi) is 3.39. The molecule has 0 amide bonds. The smallest absolute Gasteiger partial charge is 0.322 e. The lowest BCUT2D eigenvalue weighted by molar-refractivity contribution is -0.385. The Morgan fingerprint density at radius 3 is 2.86 bits per heavy atom. The Bertz CT molecular complexity index is 672. The Balaban J connectivity index is 1.90. The van der Waals surface area contributed by atoms with Crippen molar-refractivity contribution in [2.75, 3.05) is 6.61 Å². The van der Waals surface area contributed by atoms with Crippen molar-refractivity contribution < 1.29 is 14.4 Å². The molecule has 108 valence electrons. The first-order chi connectivity index (χ1) is 10.1. The van der Waals surface area contributed by atoms with Crippen LogP contribution in [0.3, 0.4) is 0 Å². The molecule has 0 saturated carbocycles. The second-order valence-corrected chi connectivity index (χ2v) is 4.79. The van der Waals surface area contributed by atoms with Crippen molar-refractivity contribution in [1.29, 1.82) is 0 Å². The first-order valence-electron chi connectivity index (χ1n) is 6.55. The lowest BCUT2D eigenvalue weighted by Gasteiger charge is -2.24. The third-order valence-corrected chi connectivity index (χ3v) is 3.35. The molecule has 0 bridgehead atoms. The molecule has 0 fully saturated rings. The van der Waals surface area contributed by atoms with Gasteiger partial charge in [0, 0.05) is 5.56 Å². The van der Waals surface area contributed by atoms with E-state index in [4.69, 9.17) is 9.47 Å². The van der Waals surface area contributed by atoms with Gasteiger partial charge >= 0.3 is 11.7 Å². The number of fused-ring (bicyclic) bond motifs is 1. The minimum atomic E-state index is -0.552. The maximum atomic E-state index is 10.6. The minimum absolute atomic E-state index is 0.0757. The van der Waals surface area contributed by atoms with Crippen molar-refractivity contribution in [3.05, 3.63) is 46.3 Å². The lowest BCUT2D eigenvalue weighted by atomic mass is 9.94. The molecule has 1 aliphatic heterocycles. The molecular weight excluding hydrogens is 274 g/mol. The van der Waals surface area contributed by atoms with E-state index in [1.165, 1.54) is 0 Å². The van der Waals surface area contributed by atoms with Crippen LogP contribution in [0.15, 0.2) is 30.6 Å². The molecule has 1 aromatic heterocycles.